The Bertz CT molecular complexity index is 636. The van der Waals surface area contributed by atoms with Gasteiger partial charge in [-0.05, 0) is 34.5 Å². The zero-order valence-electron chi connectivity index (χ0n) is 11.6. The van der Waals surface area contributed by atoms with E-state index in [0.29, 0.717) is 19.6 Å². The molecule has 0 saturated carbocycles. The lowest BCUT2D eigenvalue weighted by Gasteiger charge is -2.18. The number of carbonyl (C=O) groups is 1. The van der Waals surface area contributed by atoms with Crippen LogP contribution in [-0.4, -0.2) is 46.5 Å². The van der Waals surface area contributed by atoms with Crippen molar-refractivity contribution in [1.29, 1.82) is 0 Å². The van der Waals surface area contributed by atoms with Gasteiger partial charge in [0, 0.05) is 31.8 Å². The van der Waals surface area contributed by atoms with Crippen LogP contribution in [0.1, 0.15) is 16.8 Å². The SMILES string of the molecule is COCCCN(C)C(=O)c1cc(S(N)(=O)=O)c(F)cc1Br. The first-order valence-electron chi connectivity index (χ1n) is 5.94. The maximum absolute atomic E-state index is 13.6. The minimum Gasteiger partial charge on any atom is -0.385 e. The Hall–Kier alpha value is -1.03. The lowest BCUT2D eigenvalue weighted by molar-refractivity contribution is 0.0778. The van der Waals surface area contributed by atoms with Crippen molar-refractivity contribution in [1.82, 2.24) is 4.90 Å². The molecule has 9 heteroatoms. The van der Waals surface area contributed by atoms with E-state index in [0.717, 1.165) is 12.1 Å². The van der Waals surface area contributed by atoms with Crippen LogP contribution in [0.5, 0.6) is 0 Å². The molecule has 1 amide bonds. The Morgan fingerprint density at radius 2 is 2.10 bits per heavy atom. The summed E-state index contributed by atoms with van der Waals surface area (Å²) in [5.74, 6) is -1.45. The number of rotatable bonds is 6. The summed E-state index contributed by atoms with van der Waals surface area (Å²) in [6.07, 6.45) is 0.625. The quantitative estimate of drug-likeness (QED) is 0.751. The maximum Gasteiger partial charge on any atom is 0.254 e. The van der Waals surface area contributed by atoms with Crippen LogP contribution < -0.4 is 5.14 Å². The van der Waals surface area contributed by atoms with Gasteiger partial charge in [0.2, 0.25) is 10.0 Å². The fraction of sp³-hybridized carbons (Fsp3) is 0.417. The summed E-state index contributed by atoms with van der Waals surface area (Å²) in [7, 11) is -1.13. The molecule has 0 radical (unpaired) electrons. The van der Waals surface area contributed by atoms with E-state index in [1.165, 1.54) is 4.90 Å². The first-order valence-corrected chi connectivity index (χ1v) is 8.28. The van der Waals surface area contributed by atoms with Crippen LogP contribution in [0.3, 0.4) is 0 Å². The highest BCUT2D eigenvalue weighted by Crippen LogP contribution is 2.24. The van der Waals surface area contributed by atoms with Crippen molar-refractivity contribution in [3.8, 4) is 0 Å². The molecule has 0 atom stereocenters. The van der Waals surface area contributed by atoms with Crippen LogP contribution in [0, 0.1) is 5.82 Å². The van der Waals surface area contributed by atoms with Gasteiger partial charge in [-0.1, -0.05) is 0 Å². The highest BCUT2D eigenvalue weighted by Gasteiger charge is 2.22. The number of benzene rings is 1. The van der Waals surface area contributed by atoms with Crippen LogP contribution in [0.2, 0.25) is 0 Å². The number of carbonyl (C=O) groups excluding carboxylic acids is 1. The molecule has 118 valence electrons. The molecule has 0 unspecified atom stereocenters. The number of nitrogens with two attached hydrogens (primary N) is 1. The largest absolute Gasteiger partial charge is 0.385 e. The van der Waals surface area contributed by atoms with E-state index < -0.39 is 26.6 Å². The van der Waals surface area contributed by atoms with Crippen LogP contribution in [0.25, 0.3) is 0 Å². The van der Waals surface area contributed by atoms with Crippen molar-refractivity contribution in [2.75, 3.05) is 27.3 Å². The van der Waals surface area contributed by atoms with E-state index in [9.17, 15) is 17.6 Å². The molecule has 0 aliphatic rings. The van der Waals surface area contributed by atoms with Crippen LogP contribution in [0.15, 0.2) is 21.5 Å². The molecule has 6 nitrogen and oxygen atoms in total. The molecule has 0 spiro atoms. The number of sulfonamides is 1. The third-order valence-corrected chi connectivity index (χ3v) is 4.33. The zero-order valence-corrected chi connectivity index (χ0v) is 14.0. The molecule has 0 aliphatic carbocycles. The van der Waals surface area contributed by atoms with Crippen molar-refractivity contribution in [3.63, 3.8) is 0 Å². The van der Waals surface area contributed by atoms with E-state index in [-0.39, 0.29) is 10.0 Å². The number of hydrogen-bond acceptors (Lipinski definition) is 4. The number of hydrogen-bond donors (Lipinski definition) is 1. The van der Waals surface area contributed by atoms with Crippen molar-refractivity contribution in [3.05, 3.63) is 28.0 Å². The van der Waals surface area contributed by atoms with Crippen molar-refractivity contribution < 1.29 is 22.3 Å². The third-order valence-electron chi connectivity index (χ3n) is 2.75. The lowest BCUT2D eigenvalue weighted by atomic mass is 10.2. The number of ether oxygens (including phenoxy) is 1. The van der Waals surface area contributed by atoms with Crippen LogP contribution >= 0.6 is 15.9 Å². The van der Waals surface area contributed by atoms with Gasteiger partial charge in [0.1, 0.15) is 10.7 Å². The van der Waals surface area contributed by atoms with Gasteiger partial charge in [-0.15, -0.1) is 0 Å². The molecule has 0 heterocycles. The predicted molar refractivity (Wildman–Crippen MR) is 78.9 cm³/mol. The predicted octanol–water partition coefficient (Wildman–Crippen LogP) is 1.34. The highest BCUT2D eigenvalue weighted by molar-refractivity contribution is 9.10. The Balaban J connectivity index is 3.10. The fourth-order valence-electron chi connectivity index (χ4n) is 1.66. The minimum absolute atomic E-state index is 0.0281. The van der Waals surface area contributed by atoms with Gasteiger partial charge < -0.3 is 9.64 Å². The van der Waals surface area contributed by atoms with Gasteiger partial charge in [0.05, 0.1) is 5.56 Å². The molecule has 0 fully saturated rings. The summed E-state index contributed by atoms with van der Waals surface area (Å²) in [5.41, 5.74) is 0.0281. The van der Waals surface area contributed by atoms with Gasteiger partial charge in [-0.25, -0.2) is 17.9 Å². The molecule has 0 bridgehead atoms. The van der Waals surface area contributed by atoms with E-state index in [1.807, 2.05) is 0 Å². The first kappa shape index (κ1) is 18.0. The minimum atomic E-state index is -4.24. The fourth-order valence-corrected chi connectivity index (χ4v) is 2.76. The number of primary sulfonamides is 1. The Labute approximate surface area is 131 Å². The number of methoxy groups -OCH3 is 1. The normalized spacial score (nSPS) is 11.5. The van der Waals surface area contributed by atoms with Gasteiger partial charge in [-0.2, -0.15) is 0 Å². The molecule has 1 aromatic carbocycles. The molecular weight excluding hydrogens is 367 g/mol. The number of nitrogens with zero attached hydrogens (tertiary/aromatic N) is 1. The lowest BCUT2D eigenvalue weighted by Crippen LogP contribution is -2.29. The molecule has 21 heavy (non-hydrogen) atoms. The number of halogens is 2. The van der Waals surface area contributed by atoms with E-state index in [2.05, 4.69) is 15.9 Å². The standard InChI is InChI=1S/C12H16BrFN2O4S/c1-16(4-3-5-20-2)12(17)8-6-11(21(15,18)19)10(14)7-9(8)13/h6-7H,3-5H2,1-2H3,(H2,15,18,19). The van der Waals surface area contributed by atoms with Gasteiger partial charge >= 0.3 is 0 Å². The third kappa shape index (κ3) is 4.73. The van der Waals surface area contributed by atoms with Gasteiger partial charge in [0.25, 0.3) is 5.91 Å². The average molecular weight is 383 g/mol. The smallest absolute Gasteiger partial charge is 0.254 e. The second-order valence-electron chi connectivity index (χ2n) is 4.38. The Kier molecular flexibility index (Phi) is 6.26. The molecule has 0 saturated heterocycles. The maximum atomic E-state index is 13.6. The van der Waals surface area contributed by atoms with E-state index in [1.54, 1.807) is 14.2 Å². The summed E-state index contributed by atoms with van der Waals surface area (Å²) in [6.45, 7) is 0.909. The summed E-state index contributed by atoms with van der Waals surface area (Å²) < 4.78 is 41.3. The van der Waals surface area contributed by atoms with Crippen LogP contribution in [-0.2, 0) is 14.8 Å². The van der Waals surface area contributed by atoms with Gasteiger partial charge in [0.15, 0.2) is 0 Å². The molecular formula is C12H16BrFN2O4S. The second-order valence-corrected chi connectivity index (χ2v) is 6.76. The molecule has 1 aromatic rings. The van der Waals surface area contributed by atoms with Crippen molar-refractivity contribution in [2.45, 2.75) is 11.3 Å². The number of amides is 1. The van der Waals surface area contributed by atoms with Crippen molar-refractivity contribution in [2.24, 2.45) is 5.14 Å². The summed E-state index contributed by atoms with van der Waals surface area (Å²) in [4.78, 5) is 12.9. The first-order chi connectivity index (χ1) is 9.68. The Morgan fingerprint density at radius 3 is 2.62 bits per heavy atom. The molecule has 2 N–H and O–H groups in total. The average Bonchev–Trinajstić information content (AvgIpc) is 2.36. The van der Waals surface area contributed by atoms with Crippen LogP contribution in [0.4, 0.5) is 4.39 Å². The second kappa shape index (κ2) is 7.30. The topological polar surface area (TPSA) is 89.7 Å². The van der Waals surface area contributed by atoms with E-state index in [4.69, 9.17) is 9.88 Å². The van der Waals surface area contributed by atoms with Gasteiger partial charge in [-0.3, -0.25) is 4.79 Å². The monoisotopic (exact) mass is 382 g/mol. The zero-order chi connectivity index (χ0) is 16.2. The summed E-state index contributed by atoms with van der Waals surface area (Å²) in [6, 6.07) is 1.85. The van der Waals surface area contributed by atoms with E-state index >= 15 is 0 Å². The highest BCUT2D eigenvalue weighted by atomic mass is 79.9. The Morgan fingerprint density at radius 1 is 1.48 bits per heavy atom. The molecule has 1 rings (SSSR count). The molecule has 0 aromatic heterocycles. The summed E-state index contributed by atoms with van der Waals surface area (Å²) >= 11 is 3.05. The molecule has 0 aliphatic heterocycles. The summed E-state index contributed by atoms with van der Waals surface area (Å²) in [5, 5.41) is 4.93. The van der Waals surface area contributed by atoms with Crippen molar-refractivity contribution >= 4 is 31.9 Å².